The van der Waals surface area contributed by atoms with E-state index in [2.05, 4.69) is 14.7 Å². The van der Waals surface area contributed by atoms with Crippen molar-refractivity contribution in [1.29, 1.82) is 0 Å². The van der Waals surface area contributed by atoms with Gasteiger partial charge in [-0.2, -0.15) is 0 Å². The van der Waals surface area contributed by atoms with Crippen molar-refractivity contribution < 1.29 is 17.9 Å². The van der Waals surface area contributed by atoms with Crippen LogP contribution in [-0.4, -0.2) is 40.8 Å². The van der Waals surface area contributed by atoms with Gasteiger partial charge in [0.2, 0.25) is 10.0 Å². The van der Waals surface area contributed by atoms with Crippen molar-refractivity contribution in [2.75, 3.05) is 17.1 Å². The number of anilines is 1. The first-order chi connectivity index (χ1) is 15.6. The molecule has 2 aromatic heterocycles. The van der Waals surface area contributed by atoms with Gasteiger partial charge in [-0.25, -0.2) is 27.8 Å². The summed E-state index contributed by atoms with van der Waals surface area (Å²) in [7, 11) is -3.65. The molecule has 3 aromatic rings. The zero-order chi connectivity index (χ0) is 24.2. The second kappa shape index (κ2) is 10.2. The zero-order valence-corrected chi connectivity index (χ0v) is 20.9. The maximum atomic E-state index is 15.6. The highest BCUT2D eigenvalue weighted by atomic mass is 32.2. The number of nitrogens with one attached hydrogen (secondary N) is 1. The standard InChI is InChI=1S/C23H29FN4O3S2/c1-5-14-33(30,31)28-16-9-6-8-15(19(16)24)20-21(32-22(27-20)23(2,3)4)17-11-12-25-18(26-17)10-7-13-29/h6,8-9,11-12,28-29H,5,7,10,13-14H2,1-4H3. The number of hydrogen-bond acceptors (Lipinski definition) is 7. The van der Waals surface area contributed by atoms with Crippen LogP contribution in [0.25, 0.3) is 21.8 Å². The van der Waals surface area contributed by atoms with E-state index in [9.17, 15) is 8.42 Å². The van der Waals surface area contributed by atoms with Crippen molar-refractivity contribution in [3.63, 3.8) is 0 Å². The Morgan fingerprint density at radius 1 is 1.18 bits per heavy atom. The van der Waals surface area contributed by atoms with Gasteiger partial charge in [-0.15, -0.1) is 11.3 Å². The number of halogens is 1. The Kier molecular flexibility index (Phi) is 7.81. The van der Waals surface area contributed by atoms with Gasteiger partial charge in [-0.1, -0.05) is 33.8 Å². The van der Waals surface area contributed by atoms with Gasteiger partial charge in [-0.3, -0.25) is 4.72 Å². The predicted octanol–water partition coefficient (Wildman–Crippen LogP) is 4.78. The molecule has 1 aromatic carbocycles. The minimum Gasteiger partial charge on any atom is -0.396 e. The van der Waals surface area contributed by atoms with E-state index in [1.165, 1.54) is 17.4 Å². The monoisotopic (exact) mass is 492 g/mol. The lowest BCUT2D eigenvalue weighted by molar-refractivity contribution is 0.287. The van der Waals surface area contributed by atoms with E-state index in [4.69, 9.17) is 10.1 Å². The summed E-state index contributed by atoms with van der Waals surface area (Å²) in [6.07, 6.45) is 3.13. The van der Waals surface area contributed by atoms with E-state index in [-0.39, 0.29) is 29.0 Å². The smallest absolute Gasteiger partial charge is 0.232 e. The lowest BCUT2D eigenvalue weighted by Crippen LogP contribution is -2.17. The first-order valence-corrected chi connectivity index (χ1v) is 13.3. The topological polar surface area (TPSA) is 105 Å². The average Bonchev–Trinajstić information content (AvgIpc) is 3.19. The van der Waals surface area contributed by atoms with E-state index in [1.807, 2.05) is 20.8 Å². The van der Waals surface area contributed by atoms with Crippen molar-refractivity contribution >= 4 is 27.0 Å². The van der Waals surface area contributed by atoms with E-state index in [0.29, 0.717) is 41.4 Å². The van der Waals surface area contributed by atoms with Crippen LogP contribution >= 0.6 is 11.3 Å². The number of aromatic nitrogens is 3. The highest BCUT2D eigenvalue weighted by Gasteiger charge is 2.26. The second-order valence-corrected chi connectivity index (χ2v) is 11.6. The summed E-state index contributed by atoms with van der Waals surface area (Å²) in [4.78, 5) is 14.3. The Hall–Kier alpha value is -2.43. The van der Waals surface area contributed by atoms with Crippen LogP contribution in [0.15, 0.2) is 30.5 Å². The van der Waals surface area contributed by atoms with Gasteiger partial charge in [0.05, 0.1) is 32.7 Å². The number of hydrogen-bond donors (Lipinski definition) is 2. The SMILES string of the molecule is CCCS(=O)(=O)Nc1cccc(-c2nc(C(C)(C)C)sc2-c2ccnc(CCCO)n2)c1F. The molecule has 0 unspecified atom stereocenters. The number of sulfonamides is 1. The largest absolute Gasteiger partial charge is 0.396 e. The molecule has 0 aliphatic heterocycles. The van der Waals surface area contributed by atoms with Gasteiger partial charge in [0.25, 0.3) is 0 Å². The van der Waals surface area contributed by atoms with Crippen LogP contribution < -0.4 is 4.72 Å². The molecule has 2 heterocycles. The fourth-order valence-electron chi connectivity index (χ4n) is 3.16. The van der Waals surface area contributed by atoms with Crippen LogP contribution in [0.3, 0.4) is 0 Å². The Balaban J connectivity index is 2.14. The fraction of sp³-hybridized carbons (Fsp3) is 0.435. The summed E-state index contributed by atoms with van der Waals surface area (Å²) < 4.78 is 42.3. The molecular formula is C23H29FN4O3S2. The summed E-state index contributed by atoms with van der Waals surface area (Å²) in [5.74, 6) is -0.192. The third-order valence-corrected chi connectivity index (χ3v) is 7.74. The maximum absolute atomic E-state index is 15.6. The van der Waals surface area contributed by atoms with Gasteiger partial charge in [0.1, 0.15) is 5.82 Å². The minimum absolute atomic E-state index is 0.0412. The number of aryl methyl sites for hydroxylation is 1. The van der Waals surface area contributed by atoms with Crippen LogP contribution in [0.1, 0.15) is 51.4 Å². The second-order valence-electron chi connectivity index (χ2n) is 8.72. The Morgan fingerprint density at radius 2 is 1.94 bits per heavy atom. The van der Waals surface area contributed by atoms with E-state index >= 15 is 4.39 Å². The summed E-state index contributed by atoms with van der Waals surface area (Å²) >= 11 is 1.43. The molecule has 10 heteroatoms. The van der Waals surface area contributed by atoms with Crippen LogP contribution in [0.4, 0.5) is 10.1 Å². The molecule has 178 valence electrons. The number of aliphatic hydroxyl groups is 1. The molecule has 0 fully saturated rings. The molecule has 0 saturated heterocycles. The molecule has 0 aliphatic carbocycles. The van der Waals surface area contributed by atoms with Crippen molar-refractivity contribution in [3.05, 3.63) is 47.1 Å². The van der Waals surface area contributed by atoms with Crippen LogP contribution in [0, 0.1) is 5.82 Å². The van der Waals surface area contributed by atoms with E-state index in [0.717, 1.165) is 5.01 Å². The first kappa shape index (κ1) is 25.2. The quantitative estimate of drug-likeness (QED) is 0.445. The molecule has 0 amide bonds. The lowest BCUT2D eigenvalue weighted by Gasteiger charge is -2.13. The molecule has 33 heavy (non-hydrogen) atoms. The number of aliphatic hydroxyl groups excluding tert-OH is 1. The predicted molar refractivity (Wildman–Crippen MR) is 130 cm³/mol. The zero-order valence-electron chi connectivity index (χ0n) is 19.2. The summed E-state index contributed by atoms with van der Waals surface area (Å²) in [6.45, 7) is 7.87. The Bertz CT molecular complexity index is 1220. The van der Waals surface area contributed by atoms with E-state index in [1.54, 1.807) is 31.3 Å². The first-order valence-electron chi connectivity index (χ1n) is 10.8. The van der Waals surface area contributed by atoms with Crippen LogP contribution in [0.2, 0.25) is 0 Å². The molecular weight excluding hydrogens is 463 g/mol. The number of rotatable bonds is 9. The van der Waals surface area contributed by atoms with Gasteiger partial charge < -0.3 is 5.11 Å². The summed E-state index contributed by atoms with van der Waals surface area (Å²) in [5.41, 5.74) is 0.830. The van der Waals surface area contributed by atoms with E-state index < -0.39 is 15.8 Å². The summed E-state index contributed by atoms with van der Waals surface area (Å²) in [6, 6.07) is 6.35. The van der Waals surface area contributed by atoms with Crippen LogP contribution in [0.5, 0.6) is 0 Å². The highest BCUT2D eigenvalue weighted by Crippen LogP contribution is 2.41. The average molecular weight is 493 g/mol. The maximum Gasteiger partial charge on any atom is 0.232 e. The Morgan fingerprint density at radius 3 is 2.61 bits per heavy atom. The fourth-order valence-corrected chi connectivity index (χ4v) is 5.40. The van der Waals surface area contributed by atoms with Gasteiger partial charge in [0.15, 0.2) is 5.82 Å². The molecule has 7 nitrogen and oxygen atoms in total. The molecule has 2 N–H and O–H groups in total. The molecule has 0 atom stereocenters. The minimum atomic E-state index is -3.65. The molecule has 0 aliphatic rings. The van der Waals surface area contributed by atoms with Crippen LogP contribution in [-0.2, 0) is 21.9 Å². The van der Waals surface area contributed by atoms with Gasteiger partial charge in [0, 0.05) is 30.2 Å². The molecule has 0 bridgehead atoms. The molecule has 3 rings (SSSR count). The van der Waals surface area contributed by atoms with Crippen molar-refractivity contribution in [1.82, 2.24) is 15.0 Å². The van der Waals surface area contributed by atoms with Gasteiger partial charge >= 0.3 is 0 Å². The molecule has 0 spiro atoms. The van der Waals surface area contributed by atoms with Gasteiger partial charge in [-0.05, 0) is 31.0 Å². The lowest BCUT2D eigenvalue weighted by atomic mass is 9.98. The number of benzene rings is 1. The molecule has 0 radical (unpaired) electrons. The molecule has 0 saturated carbocycles. The Labute approximate surface area is 198 Å². The summed E-state index contributed by atoms with van der Waals surface area (Å²) in [5, 5.41) is 9.92. The number of nitrogens with zero attached hydrogens (tertiary/aromatic N) is 3. The van der Waals surface area contributed by atoms with Crippen molar-refractivity contribution in [2.45, 2.75) is 52.4 Å². The van der Waals surface area contributed by atoms with Crippen molar-refractivity contribution in [3.8, 4) is 21.8 Å². The highest BCUT2D eigenvalue weighted by molar-refractivity contribution is 7.92. The number of thiazole rings is 1. The third kappa shape index (κ3) is 6.13. The third-order valence-electron chi connectivity index (χ3n) is 4.76. The normalized spacial score (nSPS) is 12.2. The van der Waals surface area contributed by atoms with Crippen molar-refractivity contribution in [2.24, 2.45) is 0 Å².